The molecule has 0 fully saturated rings. The van der Waals surface area contributed by atoms with Gasteiger partial charge in [-0.05, 0) is 43.4 Å². The van der Waals surface area contributed by atoms with E-state index in [1.807, 2.05) is 32.9 Å². The molecular weight excluding hydrogens is 246 g/mol. The van der Waals surface area contributed by atoms with Gasteiger partial charge in [-0.15, -0.1) is 0 Å². The number of rotatable bonds is 5. The molecule has 0 aromatic heterocycles. The molecule has 102 valence electrons. The van der Waals surface area contributed by atoms with Crippen molar-refractivity contribution in [1.82, 2.24) is 4.72 Å². The first-order valence-corrected chi connectivity index (χ1v) is 7.89. The average molecular weight is 269 g/mol. The summed E-state index contributed by atoms with van der Waals surface area (Å²) in [7, 11) is -3.41. The Morgan fingerprint density at radius 1 is 1.22 bits per heavy atom. The molecule has 1 rings (SSSR count). The maximum absolute atomic E-state index is 12.3. The molecule has 0 amide bonds. The van der Waals surface area contributed by atoms with Crippen molar-refractivity contribution in [2.45, 2.75) is 57.9 Å². The van der Waals surface area contributed by atoms with E-state index in [0.717, 1.165) is 17.5 Å². The predicted octanol–water partition coefficient (Wildman–Crippen LogP) is 3.20. The molecule has 1 aromatic carbocycles. The summed E-state index contributed by atoms with van der Waals surface area (Å²) < 4.78 is 27.3. The van der Waals surface area contributed by atoms with Crippen LogP contribution in [0, 0.1) is 6.92 Å². The van der Waals surface area contributed by atoms with Crippen LogP contribution in [0.25, 0.3) is 0 Å². The Labute approximate surface area is 111 Å². The van der Waals surface area contributed by atoms with E-state index >= 15 is 0 Å². The highest BCUT2D eigenvalue weighted by atomic mass is 32.2. The fourth-order valence-electron chi connectivity index (χ4n) is 1.68. The van der Waals surface area contributed by atoms with Gasteiger partial charge in [0.2, 0.25) is 10.0 Å². The number of hydrogen-bond acceptors (Lipinski definition) is 2. The molecule has 0 saturated heterocycles. The minimum atomic E-state index is -3.41. The zero-order valence-corrected chi connectivity index (χ0v) is 12.6. The van der Waals surface area contributed by atoms with Gasteiger partial charge in [0, 0.05) is 6.04 Å². The lowest BCUT2D eigenvalue weighted by Gasteiger charge is -2.15. The first-order chi connectivity index (χ1) is 8.27. The topological polar surface area (TPSA) is 46.2 Å². The molecule has 1 aromatic rings. The monoisotopic (exact) mass is 269 g/mol. The number of sulfonamides is 1. The standard InChI is InChI=1S/C14H23NO2S/c1-6-12(5)15-18(16,17)14-9-13(10(2)3)8-7-11(14)4/h7-10,12,15H,6H2,1-5H3/t12-/m0/s1. The SMILES string of the molecule is CC[C@H](C)NS(=O)(=O)c1cc(C(C)C)ccc1C. The highest BCUT2D eigenvalue weighted by Crippen LogP contribution is 2.22. The van der Waals surface area contributed by atoms with Crippen molar-refractivity contribution in [2.75, 3.05) is 0 Å². The summed E-state index contributed by atoms with van der Waals surface area (Å²) in [4.78, 5) is 0.397. The third kappa shape index (κ3) is 3.56. The molecule has 4 heteroatoms. The van der Waals surface area contributed by atoms with E-state index in [1.165, 1.54) is 0 Å². The Hall–Kier alpha value is -0.870. The van der Waals surface area contributed by atoms with Crippen LogP contribution in [0.1, 0.15) is 51.2 Å². The summed E-state index contributed by atoms with van der Waals surface area (Å²) in [5.74, 6) is 0.322. The Bertz CT molecular complexity index is 507. The molecule has 0 radical (unpaired) electrons. The third-order valence-corrected chi connectivity index (χ3v) is 4.87. The van der Waals surface area contributed by atoms with Crippen molar-refractivity contribution in [1.29, 1.82) is 0 Å². The summed E-state index contributed by atoms with van der Waals surface area (Å²) in [6, 6.07) is 5.60. The fraction of sp³-hybridized carbons (Fsp3) is 0.571. The number of nitrogens with one attached hydrogen (secondary N) is 1. The molecule has 18 heavy (non-hydrogen) atoms. The zero-order valence-electron chi connectivity index (χ0n) is 11.8. The number of benzene rings is 1. The molecule has 1 atom stereocenters. The van der Waals surface area contributed by atoms with Crippen LogP contribution >= 0.6 is 0 Å². The van der Waals surface area contributed by atoms with Crippen LogP contribution in [0.3, 0.4) is 0 Å². The summed E-state index contributed by atoms with van der Waals surface area (Å²) in [6.45, 7) is 9.78. The van der Waals surface area contributed by atoms with E-state index in [1.54, 1.807) is 6.07 Å². The van der Waals surface area contributed by atoms with E-state index in [4.69, 9.17) is 0 Å². The maximum atomic E-state index is 12.3. The van der Waals surface area contributed by atoms with Gasteiger partial charge in [-0.1, -0.05) is 32.9 Å². The molecular formula is C14H23NO2S. The first-order valence-electron chi connectivity index (χ1n) is 6.40. The second kappa shape index (κ2) is 5.85. The van der Waals surface area contributed by atoms with Crippen molar-refractivity contribution >= 4 is 10.0 Å². The predicted molar refractivity (Wildman–Crippen MR) is 75.3 cm³/mol. The van der Waals surface area contributed by atoms with Gasteiger partial charge in [-0.2, -0.15) is 0 Å². The van der Waals surface area contributed by atoms with Crippen LogP contribution in [-0.2, 0) is 10.0 Å². The Morgan fingerprint density at radius 2 is 1.83 bits per heavy atom. The van der Waals surface area contributed by atoms with E-state index in [2.05, 4.69) is 18.6 Å². The Kier molecular flexibility index (Phi) is 4.93. The summed E-state index contributed by atoms with van der Waals surface area (Å²) in [5, 5.41) is 0. The Morgan fingerprint density at radius 3 is 2.33 bits per heavy atom. The Balaban J connectivity index is 3.19. The normalized spacial score (nSPS) is 13.9. The zero-order chi connectivity index (χ0) is 13.9. The fourth-order valence-corrected chi connectivity index (χ4v) is 3.28. The van der Waals surface area contributed by atoms with Gasteiger partial charge in [-0.25, -0.2) is 13.1 Å². The van der Waals surface area contributed by atoms with Gasteiger partial charge in [-0.3, -0.25) is 0 Å². The molecule has 0 unspecified atom stereocenters. The lowest BCUT2D eigenvalue weighted by molar-refractivity contribution is 0.555. The minimum absolute atomic E-state index is 0.0443. The molecule has 1 N–H and O–H groups in total. The summed E-state index contributed by atoms with van der Waals surface area (Å²) in [5.41, 5.74) is 1.83. The smallest absolute Gasteiger partial charge is 0.208 e. The van der Waals surface area contributed by atoms with Gasteiger partial charge in [0.15, 0.2) is 0 Å². The van der Waals surface area contributed by atoms with Crippen LogP contribution in [0.2, 0.25) is 0 Å². The van der Waals surface area contributed by atoms with Gasteiger partial charge in [0.25, 0.3) is 0 Å². The van der Waals surface area contributed by atoms with Crippen LogP contribution in [0.4, 0.5) is 0 Å². The van der Waals surface area contributed by atoms with Crippen molar-refractivity contribution in [2.24, 2.45) is 0 Å². The van der Waals surface area contributed by atoms with Gasteiger partial charge in [0.05, 0.1) is 4.90 Å². The van der Waals surface area contributed by atoms with Gasteiger partial charge in [0.1, 0.15) is 0 Å². The quantitative estimate of drug-likeness (QED) is 0.892. The van der Waals surface area contributed by atoms with E-state index in [-0.39, 0.29) is 6.04 Å². The second-order valence-corrected chi connectivity index (χ2v) is 6.79. The minimum Gasteiger partial charge on any atom is -0.208 e. The lowest BCUT2D eigenvalue weighted by atomic mass is 10.0. The summed E-state index contributed by atoms with van der Waals surface area (Å²) in [6.07, 6.45) is 0.780. The second-order valence-electron chi connectivity index (χ2n) is 5.11. The highest BCUT2D eigenvalue weighted by Gasteiger charge is 2.19. The molecule has 0 heterocycles. The van der Waals surface area contributed by atoms with Crippen molar-refractivity contribution in [3.05, 3.63) is 29.3 Å². The highest BCUT2D eigenvalue weighted by molar-refractivity contribution is 7.89. The van der Waals surface area contributed by atoms with E-state index < -0.39 is 10.0 Å². The third-order valence-electron chi connectivity index (χ3n) is 3.14. The van der Waals surface area contributed by atoms with Gasteiger partial charge >= 0.3 is 0 Å². The van der Waals surface area contributed by atoms with E-state index in [0.29, 0.717) is 10.8 Å². The number of aryl methyl sites for hydroxylation is 1. The molecule has 0 bridgehead atoms. The van der Waals surface area contributed by atoms with E-state index in [9.17, 15) is 8.42 Å². The molecule has 0 aliphatic heterocycles. The van der Waals surface area contributed by atoms with Crippen molar-refractivity contribution in [3.8, 4) is 0 Å². The van der Waals surface area contributed by atoms with Crippen LogP contribution < -0.4 is 4.72 Å². The molecule has 3 nitrogen and oxygen atoms in total. The molecule has 0 aliphatic rings. The lowest BCUT2D eigenvalue weighted by Crippen LogP contribution is -2.32. The molecule has 0 spiro atoms. The van der Waals surface area contributed by atoms with Crippen LogP contribution in [-0.4, -0.2) is 14.5 Å². The first kappa shape index (κ1) is 15.2. The van der Waals surface area contributed by atoms with Crippen LogP contribution in [0.15, 0.2) is 23.1 Å². The molecule has 0 saturated carbocycles. The van der Waals surface area contributed by atoms with Crippen molar-refractivity contribution in [3.63, 3.8) is 0 Å². The van der Waals surface area contributed by atoms with Crippen molar-refractivity contribution < 1.29 is 8.42 Å². The number of hydrogen-bond donors (Lipinski definition) is 1. The summed E-state index contributed by atoms with van der Waals surface area (Å²) >= 11 is 0. The average Bonchev–Trinajstić information content (AvgIpc) is 2.28. The largest absolute Gasteiger partial charge is 0.241 e. The van der Waals surface area contributed by atoms with Crippen LogP contribution in [0.5, 0.6) is 0 Å². The molecule has 0 aliphatic carbocycles. The van der Waals surface area contributed by atoms with Gasteiger partial charge < -0.3 is 0 Å². The maximum Gasteiger partial charge on any atom is 0.241 e.